The predicted octanol–water partition coefficient (Wildman–Crippen LogP) is 4.79. The average Bonchev–Trinajstić information content (AvgIpc) is 2.94. The number of aryl methyl sites for hydroxylation is 1. The zero-order valence-electron chi connectivity index (χ0n) is 23.3. The Kier molecular flexibility index (Phi) is 9.12. The Balaban J connectivity index is 1.68. The molecule has 1 saturated heterocycles. The molecule has 1 aliphatic rings. The fourth-order valence-electron chi connectivity index (χ4n) is 5.37. The molecule has 0 aliphatic carbocycles. The smallest absolute Gasteiger partial charge is 0.349 e. The van der Waals surface area contributed by atoms with Gasteiger partial charge in [-0.1, -0.05) is 19.1 Å². The molecule has 1 aliphatic heterocycles. The van der Waals surface area contributed by atoms with Gasteiger partial charge >= 0.3 is 18.0 Å². The molecule has 1 fully saturated rings. The van der Waals surface area contributed by atoms with Crippen LogP contribution in [0, 0.1) is 11.3 Å². The molecule has 3 aromatic rings. The average molecular weight is 596 g/mol. The Morgan fingerprint density at radius 1 is 1.07 bits per heavy atom. The topological polar surface area (TPSA) is 90.1 Å². The number of anilines is 1. The van der Waals surface area contributed by atoms with Crippen LogP contribution in [0.2, 0.25) is 0 Å². The number of nitrogens with one attached hydrogen (secondary N) is 1. The van der Waals surface area contributed by atoms with Crippen molar-refractivity contribution >= 4 is 16.9 Å². The van der Waals surface area contributed by atoms with E-state index in [0.29, 0.717) is 41.9 Å². The highest BCUT2D eigenvalue weighted by atomic mass is 19.4. The number of halogens is 6. The highest BCUT2D eigenvalue weighted by Crippen LogP contribution is 2.35. The Hall–Kier alpha value is -3.70. The Morgan fingerprint density at radius 2 is 1.76 bits per heavy atom. The summed E-state index contributed by atoms with van der Waals surface area (Å²) in [4.78, 5) is 25.5. The molecule has 226 valence electrons. The van der Waals surface area contributed by atoms with Crippen molar-refractivity contribution < 1.29 is 26.3 Å². The van der Waals surface area contributed by atoms with Gasteiger partial charge in [-0.3, -0.25) is 9.47 Å². The number of aromatic nitrogens is 3. The zero-order chi connectivity index (χ0) is 30.8. The molecule has 3 atom stereocenters. The van der Waals surface area contributed by atoms with Gasteiger partial charge in [0.05, 0.1) is 17.5 Å². The lowest BCUT2D eigenvalue weighted by Crippen LogP contribution is -2.59. The third-order valence-corrected chi connectivity index (χ3v) is 7.62. The summed E-state index contributed by atoms with van der Waals surface area (Å²) >= 11 is 0. The van der Waals surface area contributed by atoms with Crippen LogP contribution in [0.4, 0.5) is 32.2 Å². The molecule has 0 saturated carbocycles. The molecule has 4 rings (SSSR count). The summed E-state index contributed by atoms with van der Waals surface area (Å²) in [5, 5.41) is 12.2. The van der Waals surface area contributed by atoms with Crippen molar-refractivity contribution in [3.8, 4) is 6.07 Å². The van der Waals surface area contributed by atoms with Crippen molar-refractivity contribution in [1.29, 1.82) is 5.26 Å². The van der Waals surface area contributed by atoms with Crippen LogP contribution < -0.4 is 15.9 Å². The Labute approximate surface area is 238 Å². The molecule has 0 bridgehead atoms. The van der Waals surface area contributed by atoms with Gasteiger partial charge in [-0.15, -0.1) is 0 Å². The molecule has 0 amide bonds. The van der Waals surface area contributed by atoms with Crippen molar-refractivity contribution in [2.45, 2.75) is 57.2 Å². The predicted molar refractivity (Wildman–Crippen MR) is 145 cm³/mol. The summed E-state index contributed by atoms with van der Waals surface area (Å²) in [5.41, 5.74) is 0.285. The first-order valence-electron chi connectivity index (χ1n) is 13.5. The van der Waals surface area contributed by atoms with E-state index in [9.17, 15) is 36.4 Å². The van der Waals surface area contributed by atoms with Crippen LogP contribution in [0.5, 0.6) is 0 Å². The summed E-state index contributed by atoms with van der Waals surface area (Å²) in [6, 6.07) is 8.86. The number of rotatable bonds is 8. The minimum absolute atomic E-state index is 0.0881. The second kappa shape index (κ2) is 12.3. The lowest BCUT2D eigenvalue weighted by molar-refractivity contribution is -0.137. The minimum Gasteiger partial charge on any atom is -0.349 e. The van der Waals surface area contributed by atoms with Crippen LogP contribution in [0.1, 0.15) is 49.6 Å². The zero-order valence-corrected chi connectivity index (χ0v) is 23.3. The monoisotopic (exact) mass is 595 g/mol. The standard InChI is InChI=1S/C28H31F6N7O/c1-4-21-16-40(25-24-22(39(3)26(42)38-25)10-9-20(13-35)37-24)17(2)15-41(21)23(14-36-12-11-27(29,30)31)18-5-7-19(8-6-18)28(32,33)34/h5-10,17,21,23,36H,4,11-12,14-16H2,1-3H3/t17-,21+,23?/m0/s1. The van der Waals surface area contributed by atoms with Gasteiger partial charge in [0.1, 0.15) is 17.3 Å². The van der Waals surface area contributed by atoms with Crippen LogP contribution in [0.3, 0.4) is 0 Å². The van der Waals surface area contributed by atoms with E-state index in [4.69, 9.17) is 0 Å². The molecule has 8 nitrogen and oxygen atoms in total. The van der Waals surface area contributed by atoms with E-state index in [1.807, 2.05) is 24.8 Å². The first-order chi connectivity index (χ1) is 19.7. The molecule has 42 heavy (non-hydrogen) atoms. The fourth-order valence-corrected chi connectivity index (χ4v) is 5.37. The van der Waals surface area contributed by atoms with E-state index in [-0.39, 0.29) is 30.9 Å². The molecular formula is C28H31F6N7O. The van der Waals surface area contributed by atoms with Crippen molar-refractivity contribution in [3.05, 3.63) is 63.7 Å². The Bertz CT molecular complexity index is 1500. The van der Waals surface area contributed by atoms with Crippen LogP contribution in [0.25, 0.3) is 11.0 Å². The van der Waals surface area contributed by atoms with E-state index in [0.717, 1.165) is 12.1 Å². The second-order valence-corrected chi connectivity index (χ2v) is 10.4. The number of hydrogen-bond acceptors (Lipinski definition) is 7. The van der Waals surface area contributed by atoms with Gasteiger partial charge < -0.3 is 10.2 Å². The molecule has 1 unspecified atom stereocenters. The summed E-state index contributed by atoms with van der Waals surface area (Å²) in [5.74, 6) is 0.324. The molecule has 0 radical (unpaired) electrons. The van der Waals surface area contributed by atoms with Crippen molar-refractivity contribution in [2.24, 2.45) is 7.05 Å². The molecule has 1 N–H and O–H groups in total. The lowest BCUT2D eigenvalue weighted by Gasteiger charge is -2.49. The number of nitrogens with zero attached hydrogens (tertiary/aromatic N) is 6. The van der Waals surface area contributed by atoms with Gasteiger partial charge in [0.2, 0.25) is 0 Å². The first kappa shape index (κ1) is 31.2. The lowest BCUT2D eigenvalue weighted by atomic mass is 9.96. The van der Waals surface area contributed by atoms with Crippen molar-refractivity contribution in [2.75, 3.05) is 31.1 Å². The Morgan fingerprint density at radius 3 is 2.36 bits per heavy atom. The number of alkyl halides is 6. The number of nitriles is 1. The van der Waals surface area contributed by atoms with Crippen LogP contribution >= 0.6 is 0 Å². The van der Waals surface area contributed by atoms with Crippen molar-refractivity contribution in [1.82, 2.24) is 24.8 Å². The fraction of sp³-hybridized carbons (Fsp3) is 0.500. The normalized spacial score (nSPS) is 19.2. The van der Waals surface area contributed by atoms with E-state index in [1.54, 1.807) is 13.1 Å². The summed E-state index contributed by atoms with van der Waals surface area (Å²) in [6.45, 7) is 4.34. The van der Waals surface area contributed by atoms with Gasteiger partial charge in [-0.2, -0.15) is 36.6 Å². The maximum Gasteiger partial charge on any atom is 0.416 e. The number of pyridine rings is 1. The van der Waals surface area contributed by atoms with Gasteiger partial charge in [-0.25, -0.2) is 9.78 Å². The van der Waals surface area contributed by atoms with E-state index < -0.39 is 36.1 Å². The van der Waals surface area contributed by atoms with Crippen LogP contribution in [0.15, 0.2) is 41.2 Å². The third kappa shape index (κ3) is 6.84. The molecule has 14 heteroatoms. The minimum atomic E-state index is -4.52. The van der Waals surface area contributed by atoms with Crippen LogP contribution in [-0.4, -0.2) is 63.9 Å². The highest BCUT2D eigenvalue weighted by molar-refractivity contribution is 5.86. The SMILES string of the molecule is CC[C@@H]1CN(c2nc(=O)n(C)c3ccc(C#N)nc23)[C@@H](C)CN1C(CNCCC(F)(F)F)c1ccc(C(F)(F)F)cc1. The largest absolute Gasteiger partial charge is 0.416 e. The first-order valence-corrected chi connectivity index (χ1v) is 13.5. The molecule has 1 aromatic carbocycles. The summed E-state index contributed by atoms with van der Waals surface area (Å²) < 4.78 is 79.4. The van der Waals surface area contributed by atoms with Crippen molar-refractivity contribution in [3.63, 3.8) is 0 Å². The summed E-state index contributed by atoms with van der Waals surface area (Å²) in [6.07, 6.45) is -9.30. The number of piperazine rings is 1. The molecule has 0 spiro atoms. The number of hydrogen-bond donors (Lipinski definition) is 1. The summed E-state index contributed by atoms with van der Waals surface area (Å²) in [7, 11) is 1.56. The highest BCUT2D eigenvalue weighted by Gasteiger charge is 2.38. The number of benzene rings is 1. The van der Waals surface area contributed by atoms with Gasteiger partial charge in [0, 0.05) is 51.4 Å². The van der Waals surface area contributed by atoms with E-state index in [1.165, 1.54) is 22.8 Å². The maximum atomic E-state index is 13.2. The molecule has 3 heterocycles. The molecule has 2 aromatic heterocycles. The maximum absolute atomic E-state index is 13.2. The van der Waals surface area contributed by atoms with Gasteiger partial charge in [0.15, 0.2) is 5.82 Å². The van der Waals surface area contributed by atoms with Crippen LogP contribution in [-0.2, 0) is 13.2 Å². The quantitative estimate of drug-likeness (QED) is 0.296. The third-order valence-electron chi connectivity index (χ3n) is 7.62. The van der Waals surface area contributed by atoms with E-state index >= 15 is 0 Å². The van der Waals surface area contributed by atoms with E-state index in [2.05, 4.69) is 20.2 Å². The van der Waals surface area contributed by atoms with Gasteiger partial charge in [-0.05, 0) is 43.2 Å². The molecular weight excluding hydrogens is 564 g/mol. The second-order valence-electron chi connectivity index (χ2n) is 10.4. The van der Waals surface area contributed by atoms with Gasteiger partial charge in [0.25, 0.3) is 0 Å². The number of fused-ring (bicyclic) bond motifs is 1.